The van der Waals surface area contributed by atoms with Gasteiger partial charge in [0.25, 0.3) is 0 Å². The highest BCUT2D eigenvalue weighted by Gasteiger charge is 2.79. The van der Waals surface area contributed by atoms with Crippen LogP contribution in [0.4, 0.5) is 48.3 Å². The molecule has 3 nitrogen and oxygen atoms in total. The Bertz CT molecular complexity index is 480. The van der Waals surface area contributed by atoms with Crippen molar-refractivity contribution in [3.05, 3.63) is 0 Å². The number of hydrogen-bond acceptors (Lipinski definition) is 3. The molecule has 0 aromatic heterocycles. The molecule has 0 rings (SSSR count). The van der Waals surface area contributed by atoms with Crippen LogP contribution in [0.5, 0.6) is 0 Å². The summed E-state index contributed by atoms with van der Waals surface area (Å²) in [4.78, 5) is 11.4. The predicted molar refractivity (Wildman–Crippen MR) is 61.9 cm³/mol. The van der Waals surface area contributed by atoms with Gasteiger partial charge < -0.3 is 4.74 Å². The molecule has 0 N–H and O–H groups in total. The molecule has 0 saturated carbocycles. The maximum absolute atomic E-state index is 13.8. The zero-order chi connectivity index (χ0) is 21.4. The van der Waals surface area contributed by atoms with Crippen LogP contribution in [0.15, 0.2) is 0 Å². The van der Waals surface area contributed by atoms with Crippen LogP contribution in [0, 0.1) is 11.8 Å². The summed E-state index contributed by atoms with van der Waals surface area (Å²) in [5, 5.41) is 0. The molecule has 14 heteroatoms. The third kappa shape index (κ3) is 5.10. The van der Waals surface area contributed by atoms with E-state index in [0.29, 0.717) is 0 Å². The number of halogens is 11. The second-order valence-corrected chi connectivity index (χ2v) is 5.56. The minimum Gasteiger partial charge on any atom is -0.459 e. The van der Waals surface area contributed by atoms with Crippen molar-refractivity contribution in [1.29, 1.82) is 0 Å². The van der Waals surface area contributed by atoms with Gasteiger partial charge in [0.05, 0.1) is 5.92 Å². The first-order valence-corrected chi connectivity index (χ1v) is 6.64. The number of esters is 1. The zero-order valence-electron chi connectivity index (χ0n) is 13.2. The molecule has 156 valence electrons. The first-order valence-electron chi connectivity index (χ1n) is 6.64. The highest BCUT2D eigenvalue weighted by molar-refractivity contribution is 5.72. The third-order valence-electron chi connectivity index (χ3n) is 3.23. The normalized spacial score (nSPS) is 17.8. The summed E-state index contributed by atoms with van der Waals surface area (Å²) in [5.41, 5.74) is 0. The van der Waals surface area contributed by atoms with Crippen molar-refractivity contribution in [1.82, 2.24) is 0 Å². The average molecular weight is 414 g/mol. The summed E-state index contributed by atoms with van der Waals surface area (Å²) in [6, 6.07) is 0. The van der Waals surface area contributed by atoms with Crippen molar-refractivity contribution in [2.45, 2.75) is 51.0 Å². The quantitative estimate of drug-likeness (QED) is 0.460. The molecule has 0 amide bonds. The molecule has 0 aliphatic heterocycles. The van der Waals surface area contributed by atoms with Crippen LogP contribution in [0.2, 0.25) is 0 Å². The molecule has 0 aromatic rings. The molecule has 0 radical (unpaired) electrons. The Kier molecular flexibility index (Phi) is 6.97. The number of alkyl halides is 11. The van der Waals surface area contributed by atoms with E-state index in [1.54, 1.807) is 0 Å². The van der Waals surface area contributed by atoms with E-state index in [-0.39, 0.29) is 0 Å². The summed E-state index contributed by atoms with van der Waals surface area (Å²) in [6.07, 6.45) is -20.8. The molecule has 2 unspecified atom stereocenters. The number of hydrogen-bond donors (Lipinski definition) is 0. The standard InChI is InChI=1S/C12H13F11O3/c1-5(2)6(3)7(24)25-4-8(13,10(15,16)17)26-9(14,11(18,19)20)12(21,22)23/h5-6H,4H2,1-3H3. The Hall–Kier alpha value is -1.34. The van der Waals surface area contributed by atoms with Gasteiger partial charge in [-0.3, -0.25) is 9.53 Å². The molecule has 0 heterocycles. The van der Waals surface area contributed by atoms with Gasteiger partial charge in [0.15, 0.2) is 6.61 Å². The van der Waals surface area contributed by atoms with Gasteiger partial charge in [0.1, 0.15) is 0 Å². The van der Waals surface area contributed by atoms with Crippen molar-refractivity contribution in [2.75, 3.05) is 6.61 Å². The van der Waals surface area contributed by atoms with E-state index in [0.717, 1.165) is 6.92 Å². The molecule has 0 aromatic carbocycles. The lowest BCUT2D eigenvalue weighted by Crippen LogP contribution is -2.63. The second-order valence-electron chi connectivity index (χ2n) is 5.56. The SMILES string of the molecule is CC(C)C(C)C(=O)OCC(F)(OC(F)(C(F)(F)F)C(F)(F)F)C(F)(F)F. The predicted octanol–water partition coefficient (Wildman–Crippen LogP) is 4.86. The van der Waals surface area contributed by atoms with E-state index in [4.69, 9.17) is 0 Å². The van der Waals surface area contributed by atoms with Crippen LogP contribution in [-0.4, -0.2) is 42.8 Å². The van der Waals surface area contributed by atoms with Gasteiger partial charge in [-0.25, -0.2) is 0 Å². The van der Waals surface area contributed by atoms with E-state index in [2.05, 4.69) is 9.47 Å². The number of ether oxygens (including phenoxy) is 2. The van der Waals surface area contributed by atoms with Crippen LogP contribution in [0.1, 0.15) is 20.8 Å². The number of carbonyl (C=O) groups excluding carboxylic acids is 1. The fourth-order valence-corrected chi connectivity index (χ4v) is 1.24. The Morgan fingerprint density at radius 1 is 0.769 bits per heavy atom. The maximum atomic E-state index is 13.8. The fourth-order valence-electron chi connectivity index (χ4n) is 1.24. The Morgan fingerprint density at radius 3 is 1.42 bits per heavy atom. The fraction of sp³-hybridized carbons (Fsp3) is 0.917. The van der Waals surface area contributed by atoms with Crippen LogP contribution >= 0.6 is 0 Å². The van der Waals surface area contributed by atoms with Crippen LogP contribution in [0.25, 0.3) is 0 Å². The van der Waals surface area contributed by atoms with E-state index in [9.17, 15) is 53.1 Å². The average Bonchev–Trinajstić information content (AvgIpc) is 2.39. The molecule has 0 bridgehead atoms. The number of rotatable bonds is 6. The first-order chi connectivity index (χ1) is 11.2. The van der Waals surface area contributed by atoms with Gasteiger partial charge in [-0.15, -0.1) is 0 Å². The minimum atomic E-state index is -7.11. The lowest BCUT2D eigenvalue weighted by atomic mass is 9.99. The van der Waals surface area contributed by atoms with Gasteiger partial charge in [-0.2, -0.15) is 48.3 Å². The molecule has 0 fully saturated rings. The lowest BCUT2D eigenvalue weighted by molar-refractivity contribution is -0.492. The zero-order valence-corrected chi connectivity index (χ0v) is 13.2. The molecule has 0 aliphatic carbocycles. The molecular formula is C12H13F11O3. The Morgan fingerprint density at radius 2 is 1.15 bits per heavy atom. The molecule has 2 atom stereocenters. The molecule has 26 heavy (non-hydrogen) atoms. The molecule has 0 saturated heterocycles. The van der Waals surface area contributed by atoms with Crippen molar-refractivity contribution < 1.29 is 62.6 Å². The summed E-state index contributed by atoms with van der Waals surface area (Å²) in [6.45, 7) is 1.06. The monoisotopic (exact) mass is 414 g/mol. The van der Waals surface area contributed by atoms with Crippen LogP contribution in [0.3, 0.4) is 0 Å². The van der Waals surface area contributed by atoms with Crippen molar-refractivity contribution in [2.24, 2.45) is 11.8 Å². The van der Waals surface area contributed by atoms with Crippen LogP contribution in [-0.2, 0) is 14.3 Å². The third-order valence-corrected chi connectivity index (χ3v) is 3.23. The lowest BCUT2D eigenvalue weighted by Gasteiger charge is -2.36. The van der Waals surface area contributed by atoms with Crippen molar-refractivity contribution in [3.8, 4) is 0 Å². The summed E-state index contributed by atoms with van der Waals surface area (Å²) in [5.74, 6) is -16.3. The summed E-state index contributed by atoms with van der Waals surface area (Å²) >= 11 is 0. The molecule has 0 spiro atoms. The van der Waals surface area contributed by atoms with Crippen LogP contribution < -0.4 is 0 Å². The van der Waals surface area contributed by atoms with Gasteiger partial charge in [0.2, 0.25) is 0 Å². The van der Waals surface area contributed by atoms with Gasteiger partial charge >= 0.3 is 36.2 Å². The van der Waals surface area contributed by atoms with E-state index >= 15 is 0 Å². The molecule has 0 aliphatic rings. The largest absolute Gasteiger partial charge is 0.459 e. The highest BCUT2D eigenvalue weighted by atomic mass is 19.4. The Labute approximate surface area is 139 Å². The van der Waals surface area contributed by atoms with Crippen molar-refractivity contribution >= 4 is 5.97 Å². The highest BCUT2D eigenvalue weighted by Crippen LogP contribution is 2.51. The van der Waals surface area contributed by atoms with E-state index in [1.807, 2.05) is 0 Å². The van der Waals surface area contributed by atoms with Gasteiger partial charge in [0, 0.05) is 0 Å². The first kappa shape index (κ1) is 24.7. The van der Waals surface area contributed by atoms with E-state index in [1.165, 1.54) is 13.8 Å². The second kappa shape index (κ2) is 7.35. The van der Waals surface area contributed by atoms with Gasteiger partial charge in [-0.05, 0) is 5.92 Å². The van der Waals surface area contributed by atoms with E-state index < -0.39 is 54.7 Å². The summed E-state index contributed by atoms with van der Waals surface area (Å²) in [7, 11) is 0. The summed E-state index contributed by atoms with van der Waals surface area (Å²) < 4.78 is 145. The number of carbonyl (C=O) groups is 1. The maximum Gasteiger partial charge on any atom is 0.458 e. The Balaban J connectivity index is 5.79. The van der Waals surface area contributed by atoms with Crippen molar-refractivity contribution in [3.63, 3.8) is 0 Å². The topological polar surface area (TPSA) is 35.5 Å². The smallest absolute Gasteiger partial charge is 0.458 e. The molecular weight excluding hydrogens is 401 g/mol. The minimum absolute atomic E-state index is 0.575. The van der Waals surface area contributed by atoms with Gasteiger partial charge in [-0.1, -0.05) is 20.8 Å².